The first-order valence-electron chi connectivity index (χ1n) is 14.8. The number of rotatable bonds is 15. The van der Waals surface area contributed by atoms with Gasteiger partial charge in [-0.25, -0.2) is 8.42 Å². The number of carbonyl (C=O) groups is 2. The fourth-order valence-electron chi connectivity index (χ4n) is 4.93. The molecule has 4 aromatic carbocycles. The van der Waals surface area contributed by atoms with E-state index in [9.17, 15) is 18.0 Å². The van der Waals surface area contributed by atoms with E-state index in [1.807, 2.05) is 61.5 Å². The molecule has 0 spiro atoms. The number of hydrogen-bond acceptors (Lipinski definition) is 6. The molecule has 0 saturated heterocycles. The lowest BCUT2D eigenvalue weighted by Crippen LogP contribution is -2.53. The van der Waals surface area contributed by atoms with E-state index in [0.29, 0.717) is 18.0 Å². The number of halogens is 1. The van der Waals surface area contributed by atoms with Crippen molar-refractivity contribution in [3.8, 4) is 11.5 Å². The zero-order chi connectivity index (χ0) is 33.1. The van der Waals surface area contributed by atoms with E-state index in [2.05, 4.69) is 21.2 Å². The molecule has 2 amide bonds. The first-order chi connectivity index (χ1) is 22.2. The zero-order valence-corrected chi connectivity index (χ0v) is 28.5. The number of para-hydroxylation sites is 1. The topological polar surface area (TPSA) is 105 Å². The zero-order valence-electron chi connectivity index (χ0n) is 26.1. The number of methoxy groups -OCH3 is 2. The fourth-order valence-corrected chi connectivity index (χ4v) is 6.63. The average molecular weight is 709 g/mol. The molecule has 0 fully saturated rings. The number of benzene rings is 4. The third-order valence-electron chi connectivity index (χ3n) is 7.35. The molecule has 0 heterocycles. The van der Waals surface area contributed by atoms with Gasteiger partial charge in [0.2, 0.25) is 11.8 Å². The quantitative estimate of drug-likeness (QED) is 0.167. The Labute approximate surface area is 279 Å². The van der Waals surface area contributed by atoms with Crippen LogP contribution in [0.3, 0.4) is 0 Å². The summed E-state index contributed by atoms with van der Waals surface area (Å²) in [6.45, 7) is 1.92. The van der Waals surface area contributed by atoms with Crippen molar-refractivity contribution >= 4 is 43.5 Å². The van der Waals surface area contributed by atoms with E-state index >= 15 is 0 Å². The number of anilines is 1. The van der Waals surface area contributed by atoms with Crippen molar-refractivity contribution in [2.24, 2.45) is 0 Å². The SMILES string of the molecule is CCCNC(=O)[C@H](Cc1ccccc1)N(Cc1ccc(Br)cc1)C(=O)CN(c1ccccc1)S(=O)(=O)c1ccc(OC)c(OC)c1. The van der Waals surface area contributed by atoms with Crippen LogP contribution in [0.2, 0.25) is 0 Å². The molecule has 0 saturated carbocycles. The third kappa shape index (κ3) is 8.67. The Morgan fingerprint density at radius 3 is 2.07 bits per heavy atom. The summed E-state index contributed by atoms with van der Waals surface area (Å²) in [4.78, 5) is 29.6. The number of sulfonamides is 1. The monoisotopic (exact) mass is 707 g/mol. The second kappa shape index (κ2) is 16.3. The van der Waals surface area contributed by atoms with E-state index in [-0.39, 0.29) is 29.5 Å². The van der Waals surface area contributed by atoms with Gasteiger partial charge in [-0.2, -0.15) is 0 Å². The van der Waals surface area contributed by atoms with Gasteiger partial charge in [-0.1, -0.05) is 83.5 Å². The molecule has 11 heteroatoms. The minimum atomic E-state index is -4.29. The number of amides is 2. The Morgan fingerprint density at radius 2 is 1.46 bits per heavy atom. The van der Waals surface area contributed by atoms with Gasteiger partial charge < -0.3 is 19.7 Å². The normalized spacial score (nSPS) is 11.7. The highest BCUT2D eigenvalue weighted by Gasteiger charge is 2.35. The van der Waals surface area contributed by atoms with Gasteiger partial charge in [0.05, 0.1) is 24.8 Å². The molecule has 242 valence electrons. The number of nitrogens with one attached hydrogen (secondary N) is 1. The Balaban J connectivity index is 1.79. The molecule has 1 N–H and O–H groups in total. The summed E-state index contributed by atoms with van der Waals surface area (Å²) < 4.78 is 41.1. The molecule has 0 radical (unpaired) electrons. The van der Waals surface area contributed by atoms with Gasteiger partial charge in [-0.3, -0.25) is 13.9 Å². The van der Waals surface area contributed by atoms with E-state index in [1.165, 1.54) is 37.3 Å². The number of ether oxygens (including phenoxy) is 2. The van der Waals surface area contributed by atoms with Gasteiger partial charge in [-0.05, 0) is 53.9 Å². The smallest absolute Gasteiger partial charge is 0.264 e. The summed E-state index contributed by atoms with van der Waals surface area (Å²) in [7, 11) is -1.41. The lowest BCUT2D eigenvalue weighted by Gasteiger charge is -2.34. The van der Waals surface area contributed by atoms with Crippen molar-refractivity contribution in [2.45, 2.75) is 37.2 Å². The van der Waals surface area contributed by atoms with Crippen molar-refractivity contribution in [3.05, 3.63) is 119 Å². The number of nitrogens with zero attached hydrogens (tertiary/aromatic N) is 2. The first kappa shape index (κ1) is 34.5. The van der Waals surface area contributed by atoms with Crippen molar-refractivity contribution in [1.29, 1.82) is 0 Å². The van der Waals surface area contributed by atoms with Crippen LogP contribution in [0.15, 0.2) is 112 Å². The van der Waals surface area contributed by atoms with E-state index in [4.69, 9.17) is 9.47 Å². The maximum Gasteiger partial charge on any atom is 0.264 e. The van der Waals surface area contributed by atoms with Crippen LogP contribution in [0.5, 0.6) is 11.5 Å². The Bertz CT molecular complexity index is 1700. The van der Waals surface area contributed by atoms with Crippen LogP contribution in [0.25, 0.3) is 0 Å². The van der Waals surface area contributed by atoms with Crippen LogP contribution in [0.4, 0.5) is 5.69 Å². The van der Waals surface area contributed by atoms with Crippen LogP contribution in [-0.2, 0) is 32.6 Å². The molecule has 4 aromatic rings. The molecule has 9 nitrogen and oxygen atoms in total. The molecule has 1 atom stereocenters. The van der Waals surface area contributed by atoms with Crippen molar-refractivity contribution in [1.82, 2.24) is 10.2 Å². The van der Waals surface area contributed by atoms with Crippen LogP contribution < -0.4 is 19.1 Å². The second-order valence-electron chi connectivity index (χ2n) is 10.5. The molecular formula is C35H38BrN3O6S. The first-order valence-corrected chi connectivity index (χ1v) is 17.1. The van der Waals surface area contributed by atoms with Crippen LogP contribution in [-0.4, -0.2) is 58.5 Å². The lowest BCUT2D eigenvalue weighted by molar-refractivity contribution is -0.140. The Morgan fingerprint density at radius 1 is 0.826 bits per heavy atom. The van der Waals surface area contributed by atoms with Crippen LogP contribution >= 0.6 is 15.9 Å². The standard InChI is InChI=1S/C35H38BrN3O6S/c1-4-21-37-35(41)31(22-26-11-7-5-8-12-26)38(24-27-15-17-28(36)18-16-27)34(40)25-39(29-13-9-6-10-14-29)46(42,43)30-19-20-32(44-2)33(23-30)45-3/h5-20,23,31H,4,21-22,24-25H2,1-3H3,(H,37,41)/t31-/m0/s1. The summed E-state index contributed by atoms with van der Waals surface area (Å²) >= 11 is 3.45. The summed E-state index contributed by atoms with van der Waals surface area (Å²) in [6.07, 6.45) is 0.961. The van der Waals surface area contributed by atoms with Gasteiger partial charge in [0.1, 0.15) is 12.6 Å². The van der Waals surface area contributed by atoms with Gasteiger partial charge >= 0.3 is 0 Å². The minimum absolute atomic E-state index is 0.0808. The molecule has 0 bridgehead atoms. The summed E-state index contributed by atoms with van der Waals surface area (Å²) in [6, 6.07) is 28.7. The predicted octanol–water partition coefficient (Wildman–Crippen LogP) is 5.83. The maximum atomic E-state index is 14.5. The van der Waals surface area contributed by atoms with Crippen molar-refractivity contribution in [3.63, 3.8) is 0 Å². The molecular weight excluding hydrogens is 670 g/mol. The third-order valence-corrected chi connectivity index (χ3v) is 9.65. The van der Waals surface area contributed by atoms with E-state index in [0.717, 1.165) is 26.3 Å². The van der Waals surface area contributed by atoms with Crippen LogP contribution in [0.1, 0.15) is 24.5 Å². The number of carbonyl (C=O) groups excluding carboxylic acids is 2. The maximum absolute atomic E-state index is 14.5. The minimum Gasteiger partial charge on any atom is -0.493 e. The number of hydrogen-bond donors (Lipinski definition) is 1. The molecule has 0 aromatic heterocycles. The van der Waals surface area contributed by atoms with E-state index < -0.39 is 28.5 Å². The molecule has 0 aliphatic rings. The molecule has 0 aliphatic heterocycles. The van der Waals surface area contributed by atoms with Gasteiger partial charge in [-0.15, -0.1) is 0 Å². The molecule has 0 aliphatic carbocycles. The lowest BCUT2D eigenvalue weighted by atomic mass is 10.0. The highest BCUT2D eigenvalue weighted by atomic mass is 79.9. The molecule has 0 unspecified atom stereocenters. The van der Waals surface area contributed by atoms with Crippen molar-refractivity contribution < 1.29 is 27.5 Å². The molecule has 4 rings (SSSR count). The Hall–Kier alpha value is -4.35. The summed E-state index contributed by atoms with van der Waals surface area (Å²) in [5.74, 6) is -0.254. The second-order valence-corrected chi connectivity index (χ2v) is 13.3. The predicted molar refractivity (Wildman–Crippen MR) is 182 cm³/mol. The van der Waals surface area contributed by atoms with Gasteiger partial charge in [0.25, 0.3) is 10.0 Å². The fraction of sp³-hybridized carbons (Fsp3) is 0.257. The Kier molecular flexibility index (Phi) is 12.2. The van der Waals surface area contributed by atoms with Crippen LogP contribution in [0, 0.1) is 0 Å². The summed E-state index contributed by atoms with van der Waals surface area (Å²) in [5.41, 5.74) is 1.95. The highest BCUT2D eigenvalue weighted by molar-refractivity contribution is 9.10. The average Bonchev–Trinajstić information content (AvgIpc) is 3.08. The molecule has 46 heavy (non-hydrogen) atoms. The van der Waals surface area contributed by atoms with E-state index in [1.54, 1.807) is 30.3 Å². The largest absolute Gasteiger partial charge is 0.493 e. The summed E-state index contributed by atoms with van der Waals surface area (Å²) in [5, 5.41) is 2.95. The van der Waals surface area contributed by atoms with Gasteiger partial charge in [0.15, 0.2) is 11.5 Å². The van der Waals surface area contributed by atoms with Crippen molar-refractivity contribution in [2.75, 3.05) is 31.6 Å². The van der Waals surface area contributed by atoms with Gasteiger partial charge in [0, 0.05) is 30.0 Å². The highest BCUT2D eigenvalue weighted by Crippen LogP contribution is 2.32.